The lowest BCUT2D eigenvalue weighted by molar-refractivity contribution is 0.0692. The highest BCUT2D eigenvalue weighted by molar-refractivity contribution is 5.99. The average molecular weight is 281 g/mol. The van der Waals surface area contributed by atoms with Crippen molar-refractivity contribution in [2.45, 2.75) is 46.6 Å². The molecular formula is C14H23N3O3. The summed E-state index contributed by atoms with van der Waals surface area (Å²) >= 11 is 0. The number of carbonyl (C=O) groups excluding carboxylic acids is 1. The Morgan fingerprint density at radius 2 is 1.95 bits per heavy atom. The summed E-state index contributed by atoms with van der Waals surface area (Å²) in [5.41, 5.74) is 0.960. The molecule has 20 heavy (non-hydrogen) atoms. The van der Waals surface area contributed by atoms with Gasteiger partial charge in [0.15, 0.2) is 0 Å². The predicted molar refractivity (Wildman–Crippen MR) is 78.2 cm³/mol. The van der Waals surface area contributed by atoms with Crippen LogP contribution in [0.25, 0.3) is 0 Å². The summed E-state index contributed by atoms with van der Waals surface area (Å²) in [6, 6.07) is 1.26. The Balaban J connectivity index is 2.56. The summed E-state index contributed by atoms with van der Waals surface area (Å²) in [6.45, 7) is 7.94. The van der Waals surface area contributed by atoms with E-state index in [2.05, 4.69) is 29.5 Å². The van der Waals surface area contributed by atoms with Crippen LogP contribution in [0.5, 0.6) is 0 Å². The van der Waals surface area contributed by atoms with Gasteiger partial charge in [-0.2, -0.15) is 0 Å². The third-order valence-corrected chi connectivity index (χ3v) is 2.97. The number of aromatic carboxylic acids is 1. The first-order valence-corrected chi connectivity index (χ1v) is 6.80. The number of carboxylic acids is 1. The van der Waals surface area contributed by atoms with Crippen molar-refractivity contribution in [1.29, 1.82) is 0 Å². The zero-order valence-electron chi connectivity index (χ0n) is 12.4. The minimum absolute atomic E-state index is 0.00696. The number of anilines is 1. The summed E-state index contributed by atoms with van der Waals surface area (Å²) in [4.78, 5) is 25.5. The monoisotopic (exact) mass is 281 g/mol. The van der Waals surface area contributed by atoms with Crippen molar-refractivity contribution in [3.05, 3.63) is 17.5 Å². The number of nitrogens with one attached hydrogen (secondary N) is 3. The van der Waals surface area contributed by atoms with Crippen LogP contribution >= 0.6 is 0 Å². The number of amides is 2. The number of aromatic amines is 1. The molecule has 0 aliphatic heterocycles. The largest absolute Gasteiger partial charge is 0.477 e. The molecule has 6 nitrogen and oxygen atoms in total. The van der Waals surface area contributed by atoms with Gasteiger partial charge in [-0.25, -0.2) is 9.59 Å². The van der Waals surface area contributed by atoms with Gasteiger partial charge in [-0.05, 0) is 38.7 Å². The average Bonchev–Trinajstić information content (AvgIpc) is 2.67. The molecule has 0 aliphatic rings. The molecule has 1 aromatic rings. The molecule has 1 rings (SSSR count). The fourth-order valence-corrected chi connectivity index (χ4v) is 1.89. The first-order chi connectivity index (χ1) is 9.29. The van der Waals surface area contributed by atoms with Crippen LogP contribution in [0.1, 0.15) is 49.8 Å². The van der Waals surface area contributed by atoms with Crippen molar-refractivity contribution in [3.8, 4) is 0 Å². The lowest BCUT2D eigenvalue weighted by atomic mass is 10.0. The van der Waals surface area contributed by atoms with Crippen LogP contribution in [-0.4, -0.2) is 28.1 Å². The van der Waals surface area contributed by atoms with Gasteiger partial charge in [0.1, 0.15) is 5.69 Å². The normalized spacial score (nSPS) is 12.2. The number of rotatable bonds is 6. The number of hydrogen-bond acceptors (Lipinski definition) is 2. The molecule has 0 fully saturated rings. The predicted octanol–water partition coefficient (Wildman–Crippen LogP) is 2.97. The molecule has 1 unspecified atom stereocenters. The minimum atomic E-state index is -1.10. The van der Waals surface area contributed by atoms with Crippen molar-refractivity contribution < 1.29 is 14.7 Å². The third kappa shape index (κ3) is 4.95. The lowest BCUT2D eigenvalue weighted by Crippen LogP contribution is -2.36. The van der Waals surface area contributed by atoms with Gasteiger partial charge >= 0.3 is 12.0 Å². The Morgan fingerprint density at radius 3 is 2.50 bits per heavy atom. The molecule has 2 amide bonds. The molecule has 0 aliphatic carbocycles. The number of hydrogen-bond donors (Lipinski definition) is 4. The smallest absolute Gasteiger partial charge is 0.354 e. The van der Waals surface area contributed by atoms with Gasteiger partial charge in [0.05, 0.1) is 5.69 Å². The van der Waals surface area contributed by atoms with Crippen LogP contribution in [0, 0.1) is 12.8 Å². The molecule has 112 valence electrons. The zero-order chi connectivity index (χ0) is 15.3. The molecule has 1 atom stereocenters. The van der Waals surface area contributed by atoms with E-state index in [1.165, 1.54) is 0 Å². The molecule has 0 spiro atoms. The molecule has 1 heterocycles. The molecule has 0 radical (unpaired) electrons. The maximum atomic E-state index is 11.8. The van der Waals surface area contributed by atoms with Crippen molar-refractivity contribution >= 4 is 17.7 Å². The molecule has 6 heteroatoms. The van der Waals surface area contributed by atoms with E-state index in [1.54, 1.807) is 13.0 Å². The highest BCUT2D eigenvalue weighted by Gasteiger charge is 2.16. The van der Waals surface area contributed by atoms with Crippen molar-refractivity contribution in [2.75, 3.05) is 5.32 Å². The Kier molecular flexibility index (Phi) is 5.61. The van der Waals surface area contributed by atoms with Gasteiger partial charge in [0.2, 0.25) is 0 Å². The standard InChI is InChI=1S/C14H23N3O3/c1-8(2)5-6-9(3)16-14(20)17-11-7-10(4)15-12(11)13(18)19/h7-9,15H,5-6H2,1-4H3,(H,18,19)(H2,16,17,20). The summed E-state index contributed by atoms with van der Waals surface area (Å²) in [6.07, 6.45) is 1.92. The second kappa shape index (κ2) is 6.98. The Morgan fingerprint density at radius 1 is 1.30 bits per heavy atom. The molecule has 4 N–H and O–H groups in total. The van der Waals surface area contributed by atoms with Gasteiger partial charge in [-0.1, -0.05) is 13.8 Å². The minimum Gasteiger partial charge on any atom is -0.477 e. The number of H-pyrrole nitrogens is 1. The number of carboxylic acid groups (broad SMARTS) is 1. The summed E-state index contributed by atoms with van der Waals surface area (Å²) < 4.78 is 0. The SMILES string of the molecule is Cc1cc(NC(=O)NC(C)CCC(C)C)c(C(=O)O)[nH]1. The van der Waals surface area contributed by atoms with E-state index in [0.29, 0.717) is 11.6 Å². The van der Waals surface area contributed by atoms with Crippen molar-refractivity contribution in [1.82, 2.24) is 10.3 Å². The molecule has 1 aromatic heterocycles. The Hall–Kier alpha value is -1.98. The van der Waals surface area contributed by atoms with Crippen LogP contribution in [0.3, 0.4) is 0 Å². The van der Waals surface area contributed by atoms with Crippen LogP contribution in [0.15, 0.2) is 6.07 Å². The highest BCUT2D eigenvalue weighted by Crippen LogP contribution is 2.16. The number of urea groups is 1. The van der Waals surface area contributed by atoms with E-state index in [9.17, 15) is 9.59 Å². The second-order valence-electron chi connectivity index (χ2n) is 5.52. The molecular weight excluding hydrogens is 258 g/mol. The molecule has 0 aromatic carbocycles. The quantitative estimate of drug-likeness (QED) is 0.645. The van der Waals surface area contributed by atoms with E-state index in [4.69, 9.17) is 5.11 Å². The summed E-state index contributed by atoms with van der Waals surface area (Å²) in [5, 5.41) is 14.4. The first-order valence-electron chi connectivity index (χ1n) is 6.80. The van der Waals surface area contributed by atoms with Gasteiger partial charge < -0.3 is 20.7 Å². The van der Waals surface area contributed by atoms with Gasteiger partial charge in [0.25, 0.3) is 0 Å². The fraction of sp³-hybridized carbons (Fsp3) is 0.571. The molecule has 0 bridgehead atoms. The maximum Gasteiger partial charge on any atom is 0.354 e. The Labute approximate surface area is 119 Å². The van der Waals surface area contributed by atoms with E-state index in [1.807, 2.05) is 6.92 Å². The summed E-state index contributed by atoms with van der Waals surface area (Å²) in [7, 11) is 0. The van der Waals surface area contributed by atoms with Crippen LogP contribution in [-0.2, 0) is 0 Å². The van der Waals surface area contributed by atoms with E-state index in [0.717, 1.165) is 12.8 Å². The van der Waals surface area contributed by atoms with Gasteiger partial charge in [0, 0.05) is 11.7 Å². The molecule has 0 saturated carbocycles. The number of aryl methyl sites for hydroxylation is 1. The van der Waals surface area contributed by atoms with Crippen LogP contribution in [0.2, 0.25) is 0 Å². The van der Waals surface area contributed by atoms with E-state index >= 15 is 0 Å². The lowest BCUT2D eigenvalue weighted by Gasteiger charge is -2.15. The van der Waals surface area contributed by atoms with Crippen LogP contribution < -0.4 is 10.6 Å². The summed E-state index contributed by atoms with van der Waals surface area (Å²) in [5.74, 6) is -0.505. The topological polar surface area (TPSA) is 94.2 Å². The third-order valence-electron chi connectivity index (χ3n) is 2.97. The van der Waals surface area contributed by atoms with Crippen LogP contribution in [0.4, 0.5) is 10.5 Å². The number of aromatic nitrogens is 1. The van der Waals surface area contributed by atoms with E-state index in [-0.39, 0.29) is 23.5 Å². The zero-order valence-corrected chi connectivity index (χ0v) is 12.4. The highest BCUT2D eigenvalue weighted by atomic mass is 16.4. The van der Waals surface area contributed by atoms with Gasteiger partial charge in [-0.3, -0.25) is 0 Å². The van der Waals surface area contributed by atoms with E-state index < -0.39 is 5.97 Å². The maximum absolute atomic E-state index is 11.8. The molecule has 0 saturated heterocycles. The fourth-order valence-electron chi connectivity index (χ4n) is 1.89. The van der Waals surface area contributed by atoms with Gasteiger partial charge in [-0.15, -0.1) is 0 Å². The Bertz CT molecular complexity index is 480. The first kappa shape index (κ1) is 16.1. The second-order valence-corrected chi connectivity index (χ2v) is 5.52. The number of carbonyl (C=O) groups is 2. The van der Waals surface area contributed by atoms with Crippen molar-refractivity contribution in [3.63, 3.8) is 0 Å². The van der Waals surface area contributed by atoms with Crippen molar-refractivity contribution in [2.24, 2.45) is 5.92 Å².